The first-order valence-electron chi connectivity index (χ1n) is 6.49. The third-order valence-corrected chi connectivity index (χ3v) is 4.18. The maximum Gasteiger partial charge on any atom is 0.0802 e. The van der Waals surface area contributed by atoms with Crippen LogP contribution in [0.2, 0.25) is 0 Å². The SMILES string of the molecule is OCC1CCCN1CCC(O)c1ccc(Br)cc1. The average Bonchev–Trinajstić information content (AvgIpc) is 2.84. The molecule has 0 bridgehead atoms. The minimum Gasteiger partial charge on any atom is -0.395 e. The molecule has 4 heteroatoms. The Balaban J connectivity index is 1.84. The molecule has 3 nitrogen and oxygen atoms in total. The predicted molar refractivity (Wildman–Crippen MR) is 75.4 cm³/mol. The normalized spacial score (nSPS) is 22.3. The van der Waals surface area contributed by atoms with Gasteiger partial charge in [0.2, 0.25) is 0 Å². The van der Waals surface area contributed by atoms with E-state index >= 15 is 0 Å². The van der Waals surface area contributed by atoms with E-state index in [4.69, 9.17) is 0 Å². The second kappa shape index (κ2) is 6.66. The molecule has 0 saturated carbocycles. The van der Waals surface area contributed by atoms with Crippen molar-refractivity contribution in [1.82, 2.24) is 4.90 Å². The molecule has 1 aromatic carbocycles. The maximum atomic E-state index is 10.1. The van der Waals surface area contributed by atoms with Crippen LogP contribution in [-0.2, 0) is 0 Å². The second-order valence-corrected chi connectivity index (χ2v) is 5.79. The zero-order valence-electron chi connectivity index (χ0n) is 10.4. The highest BCUT2D eigenvalue weighted by molar-refractivity contribution is 9.10. The van der Waals surface area contributed by atoms with Gasteiger partial charge in [0.05, 0.1) is 12.7 Å². The lowest BCUT2D eigenvalue weighted by Crippen LogP contribution is -2.33. The average molecular weight is 314 g/mol. The van der Waals surface area contributed by atoms with E-state index in [-0.39, 0.29) is 6.61 Å². The molecule has 2 atom stereocenters. The molecule has 0 amide bonds. The fraction of sp³-hybridized carbons (Fsp3) is 0.571. The van der Waals surface area contributed by atoms with Crippen LogP contribution in [0.25, 0.3) is 0 Å². The van der Waals surface area contributed by atoms with Gasteiger partial charge in [-0.15, -0.1) is 0 Å². The van der Waals surface area contributed by atoms with Gasteiger partial charge in [0, 0.05) is 17.1 Å². The molecule has 1 aliphatic rings. The molecule has 1 saturated heterocycles. The molecule has 1 heterocycles. The molecule has 0 aromatic heterocycles. The molecule has 0 spiro atoms. The van der Waals surface area contributed by atoms with Crippen LogP contribution < -0.4 is 0 Å². The summed E-state index contributed by atoms with van der Waals surface area (Å²) in [5, 5.41) is 19.4. The first kappa shape index (κ1) is 14.0. The predicted octanol–water partition coefficient (Wildman–Crippen LogP) is 2.33. The van der Waals surface area contributed by atoms with Crippen molar-refractivity contribution in [2.45, 2.75) is 31.4 Å². The van der Waals surface area contributed by atoms with Crippen molar-refractivity contribution in [1.29, 1.82) is 0 Å². The van der Waals surface area contributed by atoms with Gasteiger partial charge in [-0.2, -0.15) is 0 Å². The third-order valence-electron chi connectivity index (χ3n) is 3.65. The van der Waals surface area contributed by atoms with Gasteiger partial charge in [-0.3, -0.25) is 4.90 Å². The van der Waals surface area contributed by atoms with Gasteiger partial charge in [-0.05, 0) is 43.5 Å². The Labute approximate surface area is 117 Å². The number of benzene rings is 1. The van der Waals surface area contributed by atoms with Crippen LogP contribution in [-0.4, -0.2) is 40.9 Å². The number of rotatable bonds is 5. The van der Waals surface area contributed by atoms with Gasteiger partial charge in [0.1, 0.15) is 0 Å². The van der Waals surface area contributed by atoms with Crippen LogP contribution >= 0.6 is 15.9 Å². The summed E-state index contributed by atoms with van der Waals surface area (Å²) in [7, 11) is 0. The molecule has 1 aromatic rings. The fourth-order valence-corrected chi connectivity index (χ4v) is 2.80. The van der Waals surface area contributed by atoms with Crippen LogP contribution in [0, 0.1) is 0 Å². The highest BCUT2D eigenvalue weighted by atomic mass is 79.9. The third kappa shape index (κ3) is 3.54. The lowest BCUT2D eigenvalue weighted by atomic mass is 10.1. The van der Waals surface area contributed by atoms with Crippen molar-refractivity contribution < 1.29 is 10.2 Å². The first-order chi connectivity index (χ1) is 8.70. The Bertz CT molecular complexity index is 369. The summed E-state index contributed by atoms with van der Waals surface area (Å²) in [5.41, 5.74) is 0.956. The Morgan fingerprint density at radius 1 is 1.33 bits per heavy atom. The van der Waals surface area contributed by atoms with Gasteiger partial charge >= 0.3 is 0 Å². The van der Waals surface area contributed by atoms with E-state index < -0.39 is 6.10 Å². The zero-order valence-corrected chi connectivity index (χ0v) is 12.0. The summed E-state index contributed by atoms with van der Waals surface area (Å²) < 4.78 is 1.03. The molecule has 1 aliphatic heterocycles. The molecular weight excluding hydrogens is 294 g/mol. The minimum atomic E-state index is -0.418. The lowest BCUT2D eigenvalue weighted by molar-refractivity contribution is 0.117. The van der Waals surface area contributed by atoms with Gasteiger partial charge in [0.15, 0.2) is 0 Å². The topological polar surface area (TPSA) is 43.7 Å². The van der Waals surface area contributed by atoms with Crippen molar-refractivity contribution >= 4 is 15.9 Å². The van der Waals surface area contributed by atoms with E-state index in [1.807, 2.05) is 24.3 Å². The summed E-state index contributed by atoms with van der Waals surface area (Å²) in [4.78, 5) is 2.28. The smallest absolute Gasteiger partial charge is 0.0802 e. The number of likely N-dealkylation sites (tertiary alicyclic amines) is 1. The highest BCUT2D eigenvalue weighted by Crippen LogP contribution is 2.22. The molecule has 0 radical (unpaired) electrons. The van der Waals surface area contributed by atoms with Crippen LogP contribution in [0.5, 0.6) is 0 Å². The van der Waals surface area contributed by atoms with Crippen molar-refractivity contribution in [3.05, 3.63) is 34.3 Å². The van der Waals surface area contributed by atoms with Crippen LogP contribution in [0.15, 0.2) is 28.7 Å². The van der Waals surface area contributed by atoms with Gasteiger partial charge in [0.25, 0.3) is 0 Å². The van der Waals surface area contributed by atoms with Crippen LogP contribution in [0.4, 0.5) is 0 Å². The maximum absolute atomic E-state index is 10.1. The number of nitrogens with zero attached hydrogens (tertiary/aromatic N) is 1. The highest BCUT2D eigenvalue weighted by Gasteiger charge is 2.23. The van der Waals surface area contributed by atoms with E-state index in [9.17, 15) is 10.2 Å². The largest absolute Gasteiger partial charge is 0.395 e. The quantitative estimate of drug-likeness (QED) is 0.877. The molecule has 2 unspecified atom stereocenters. The minimum absolute atomic E-state index is 0.231. The molecule has 0 aliphatic carbocycles. The number of aliphatic hydroxyl groups is 2. The molecule has 1 fully saturated rings. The number of hydrogen-bond acceptors (Lipinski definition) is 3. The van der Waals surface area contributed by atoms with Crippen molar-refractivity contribution in [3.63, 3.8) is 0 Å². The standard InChI is InChI=1S/C14H20BrNO2/c15-12-5-3-11(4-6-12)14(18)7-9-16-8-1-2-13(16)10-17/h3-6,13-14,17-18H,1-2,7-10H2. The van der Waals surface area contributed by atoms with Gasteiger partial charge in [-0.1, -0.05) is 28.1 Å². The molecule has 18 heavy (non-hydrogen) atoms. The molecule has 2 rings (SSSR count). The number of halogens is 1. The Morgan fingerprint density at radius 3 is 2.72 bits per heavy atom. The second-order valence-electron chi connectivity index (χ2n) is 4.87. The summed E-state index contributed by atoms with van der Waals surface area (Å²) in [6.45, 7) is 2.12. The molecule has 100 valence electrons. The van der Waals surface area contributed by atoms with E-state index in [2.05, 4.69) is 20.8 Å². The number of hydrogen-bond donors (Lipinski definition) is 2. The van der Waals surface area contributed by atoms with Crippen molar-refractivity contribution in [2.24, 2.45) is 0 Å². The summed E-state index contributed by atoms with van der Waals surface area (Å²) in [5.74, 6) is 0. The summed E-state index contributed by atoms with van der Waals surface area (Å²) in [6, 6.07) is 8.09. The van der Waals surface area contributed by atoms with E-state index in [0.717, 1.165) is 42.4 Å². The molecule has 2 N–H and O–H groups in total. The molecular formula is C14H20BrNO2. The van der Waals surface area contributed by atoms with Crippen LogP contribution in [0.1, 0.15) is 30.9 Å². The zero-order chi connectivity index (χ0) is 13.0. The van der Waals surface area contributed by atoms with Crippen molar-refractivity contribution in [2.75, 3.05) is 19.7 Å². The summed E-state index contributed by atoms with van der Waals surface area (Å²) in [6.07, 6.45) is 2.53. The Kier molecular flexibility index (Phi) is 5.18. The first-order valence-corrected chi connectivity index (χ1v) is 7.28. The van der Waals surface area contributed by atoms with E-state index in [1.54, 1.807) is 0 Å². The Morgan fingerprint density at radius 2 is 2.06 bits per heavy atom. The summed E-state index contributed by atoms with van der Waals surface area (Å²) >= 11 is 3.39. The monoisotopic (exact) mass is 313 g/mol. The van der Waals surface area contributed by atoms with E-state index in [1.165, 1.54) is 0 Å². The van der Waals surface area contributed by atoms with Gasteiger partial charge < -0.3 is 10.2 Å². The van der Waals surface area contributed by atoms with Crippen LogP contribution in [0.3, 0.4) is 0 Å². The Hall–Kier alpha value is -0.420. The lowest BCUT2D eigenvalue weighted by Gasteiger charge is -2.23. The number of aliphatic hydroxyl groups excluding tert-OH is 2. The fourth-order valence-electron chi connectivity index (χ4n) is 2.54. The van der Waals surface area contributed by atoms with Crippen molar-refractivity contribution in [3.8, 4) is 0 Å². The van der Waals surface area contributed by atoms with Gasteiger partial charge in [-0.25, -0.2) is 0 Å². The van der Waals surface area contributed by atoms with E-state index in [0.29, 0.717) is 6.04 Å².